The Morgan fingerprint density at radius 2 is 1.87 bits per heavy atom. The molecule has 2 aromatic rings. The summed E-state index contributed by atoms with van der Waals surface area (Å²) in [4.78, 5) is 18.5. The van der Waals surface area contributed by atoms with Gasteiger partial charge in [-0.1, -0.05) is 77.3 Å². The van der Waals surface area contributed by atoms with Gasteiger partial charge in [0.05, 0.1) is 32.5 Å². The Hall–Kier alpha value is -4.09. The predicted molar refractivity (Wildman–Crippen MR) is 235 cm³/mol. The van der Waals surface area contributed by atoms with Crippen LogP contribution < -0.4 is 10.0 Å². The Morgan fingerprint density at radius 3 is 2.47 bits per heavy atom. The van der Waals surface area contributed by atoms with Gasteiger partial charge in [-0.2, -0.15) is 5.26 Å². The number of nitrogens with zero attached hydrogens (tertiary/aromatic N) is 3. The zero-order valence-electron chi connectivity index (χ0n) is 35.2. The quantitative estimate of drug-likeness (QED) is 0.0571. The molecule has 4 rings (SSSR count). The molecule has 2 fully saturated rings. The van der Waals surface area contributed by atoms with Gasteiger partial charge in [-0.3, -0.25) is 4.79 Å². The van der Waals surface area contributed by atoms with E-state index in [2.05, 4.69) is 126 Å². The number of hydrogen-bond acceptors (Lipinski definition) is 5. The van der Waals surface area contributed by atoms with Crippen LogP contribution in [0.5, 0.6) is 0 Å². The molecule has 0 spiro atoms. The second-order valence-corrected chi connectivity index (χ2v) is 18.8. The molecule has 298 valence electrons. The highest BCUT2D eigenvalue weighted by Gasteiger charge is 2.58. The number of fused-ring (bicyclic) bond motifs is 1. The number of hydrogen-bond donors (Lipinski definition) is 2. The maximum absolute atomic E-state index is 13.7. The largest absolute Gasteiger partial charge is 0.377 e. The lowest BCUT2D eigenvalue weighted by atomic mass is 9.93. The van der Waals surface area contributed by atoms with Crippen LogP contribution in [0.2, 0.25) is 0 Å². The van der Waals surface area contributed by atoms with Crippen LogP contribution in [0.4, 0.5) is 0 Å². The van der Waals surface area contributed by atoms with E-state index in [4.69, 9.17) is 4.98 Å². The minimum atomic E-state index is -2.91. The van der Waals surface area contributed by atoms with Crippen molar-refractivity contribution in [3.8, 4) is 6.07 Å². The van der Waals surface area contributed by atoms with Gasteiger partial charge in [-0.05, 0) is 137 Å². The van der Waals surface area contributed by atoms with Crippen LogP contribution in [0, 0.1) is 36.0 Å². The van der Waals surface area contributed by atoms with Gasteiger partial charge in [0.2, 0.25) is 5.91 Å². The first kappa shape index (κ1) is 43.6. The zero-order valence-corrected chi connectivity index (χ0v) is 36.1. The molecule has 1 aromatic carbocycles. The monoisotopic (exact) mass is 766 g/mol. The lowest BCUT2D eigenvalue weighted by Crippen LogP contribution is -2.45. The summed E-state index contributed by atoms with van der Waals surface area (Å²) in [6, 6.07) is 9.07. The number of nitriles is 1. The van der Waals surface area contributed by atoms with Crippen molar-refractivity contribution in [3.63, 3.8) is 0 Å². The highest BCUT2D eigenvalue weighted by molar-refractivity contribution is 8.00. The number of aromatic nitrogens is 1. The van der Waals surface area contributed by atoms with E-state index in [1.165, 1.54) is 33.2 Å². The molecule has 7 nitrogen and oxygen atoms in total. The molecule has 4 unspecified atom stereocenters. The molecule has 55 heavy (non-hydrogen) atoms. The van der Waals surface area contributed by atoms with Gasteiger partial charge in [0.15, 0.2) is 0 Å². The second-order valence-electron chi connectivity index (χ2n) is 16.5. The summed E-state index contributed by atoms with van der Waals surface area (Å²) in [5.74, 6) is 4.83. The molecule has 1 heterocycles. The van der Waals surface area contributed by atoms with Crippen LogP contribution in [0.25, 0.3) is 16.5 Å². The smallest absolute Gasteiger partial charge is 0.219 e. The van der Waals surface area contributed by atoms with Crippen molar-refractivity contribution in [2.24, 2.45) is 17.8 Å². The molecule has 1 amide bonds. The summed E-state index contributed by atoms with van der Waals surface area (Å²) in [7, 11) is -1.08. The van der Waals surface area contributed by atoms with E-state index in [1.807, 2.05) is 7.05 Å². The van der Waals surface area contributed by atoms with Crippen LogP contribution in [-0.4, -0.2) is 49.7 Å². The highest BCUT2D eigenvalue weighted by atomic mass is 32.2. The summed E-state index contributed by atoms with van der Waals surface area (Å²) in [5.41, 5.74) is 9.53. The van der Waals surface area contributed by atoms with Crippen LogP contribution in [-0.2, 0) is 27.3 Å². The fraction of sp³-hybridized carbons (Fsp3) is 0.532. The van der Waals surface area contributed by atoms with Gasteiger partial charge >= 0.3 is 0 Å². The second kappa shape index (κ2) is 18.2. The number of benzene rings is 1. The molecule has 2 aliphatic carbocycles. The normalized spacial score (nSPS) is 20.9. The molecular weight excluding hydrogens is 699 g/mol. The number of rotatable bonds is 21. The number of aryl methyl sites for hydroxylation is 3. The van der Waals surface area contributed by atoms with Gasteiger partial charge in [0.25, 0.3) is 0 Å². The number of nitrogens with one attached hydrogen (secondary N) is 2. The minimum Gasteiger partial charge on any atom is -0.377 e. The van der Waals surface area contributed by atoms with Gasteiger partial charge in [-0.15, -0.1) is 0 Å². The maximum Gasteiger partial charge on any atom is 0.219 e. The fourth-order valence-corrected chi connectivity index (χ4v) is 9.24. The van der Waals surface area contributed by atoms with Crippen molar-refractivity contribution in [2.45, 2.75) is 130 Å². The molecule has 0 radical (unpaired) electrons. The van der Waals surface area contributed by atoms with Crippen molar-refractivity contribution in [2.75, 3.05) is 13.6 Å². The molecule has 0 aliphatic heterocycles. The number of amides is 1. The number of unbranched alkanes of at least 4 members (excludes halogenated alkanes) is 2. The molecule has 4 atom stereocenters. The van der Waals surface area contributed by atoms with Gasteiger partial charge in [-0.25, -0.2) is 9.19 Å². The Morgan fingerprint density at radius 1 is 1.16 bits per heavy atom. The van der Waals surface area contributed by atoms with E-state index in [0.29, 0.717) is 24.5 Å². The minimum absolute atomic E-state index is 0.0835. The Balaban J connectivity index is 1.49. The third-order valence-electron chi connectivity index (χ3n) is 12.1. The van der Waals surface area contributed by atoms with E-state index >= 15 is 0 Å². The van der Waals surface area contributed by atoms with Crippen LogP contribution in [0.1, 0.15) is 122 Å². The molecule has 0 bridgehead atoms. The third-order valence-corrected chi connectivity index (χ3v) is 14.4. The number of carbonyl (C=O) groups excluding carboxylic acids is 1. The van der Waals surface area contributed by atoms with Crippen LogP contribution >= 0.6 is 0 Å². The average Bonchev–Trinajstić information content (AvgIpc) is 4.07. The Labute approximate surface area is 333 Å². The lowest BCUT2D eigenvalue weighted by Gasteiger charge is -2.29. The maximum atomic E-state index is 13.7. The molecular formula is C47H67N5O2S. The number of pyridine rings is 1. The van der Waals surface area contributed by atoms with E-state index in [-0.39, 0.29) is 17.7 Å². The molecule has 0 saturated heterocycles. The predicted octanol–water partition coefficient (Wildman–Crippen LogP) is 9.93. The van der Waals surface area contributed by atoms with E-state index in [9.17, 15) is 14.3 Å². The van der Waals surface area contributed by atoms with Crippen LogP contribution in [0.3, 0.4) is 0 Å². The zero-order chi connectivity index (χ0) is 40.7. The first-order valence-corrected chi connectivity index (χ1v) is 22.1. The Kier molecular flexibility index (Phi) is 14.5. The number of carbonyl (C=O) groups is 1. The average molecular weight is 766 g/mol. The molecule has 2 aliphatic rings. The molecule has 1 aromatic heterocycles. The SMILES string of the molecule is C=C(NC1(C(=C)NS(=C)(=O)C2(C#N)CC2)CC1/C=C\CCCCN(C)C(C)=O)C(C)CCCc1cc(/C(C)=C/C(=C\C)C(C)C)nc2c(C)c(CC)ccc12. The van der Waals surface area contributed by atoms with Gasteiger partial charge in [0, 0.05) is 43.2 Å². The van der Waals surface area contributed by atoms with E-state index in [1.54, 1.807) is 11.8 Å². The molecule has 2 N–H and O–H groups in total. The summed E-state index contributed by atoms with van der Waals surface area (Å²) in [6.07, 6.45) is 17.5. The van der Waals surface area contributed by atoms with Crippen molar-refractivity contribution in [1.82, 2.24) is 19.9 Å². The first-order valence-electron chi connectivity index (χ1n) is 20.3. The van der Waals surface area contributed by atoms with Crippen LogP contribution in [0.15, 0.2) is 72.6 Å². The van der Waals surface area contributed by atoms with Crippen molar-refractivity contribution in [1.29, 1.82) is 5.26 Å². The molecule has 2 saturated carbocycles. The van der Waals surface area contributed by atoms with E-state index in [0.717, 1.165) is 74.8 Å². The van der Waals surface area contributed by atoms with Gasteiger partial charge in [0.1, 0.15) is 4.75 Å². The highest BCUT2D eigenvalue weighted by Crippen LogP contribution is 2.51. The fourth-order valence-electron chi connectivity index (χ4n) is 7.55. The lowest BCUT2D eigenvalue weighted by molar-refractivity contribution is -0.127. The van der Waals surface area contributed by atoms with E-state index < -0.39 is 20.0 Å². The summed E-state index contributed by atoms with van der Waals surface area (Å²) in [6.45, 7) is 26.6. The van der Waals surface area contributed by atoms with Gasteiger partial charge < -0.3 is 14.9 Å². The third kappa shape index (κ3) is 10.2. The summed E-state index contributed by atoms with van der Waals surface area (Å²) in [5, 5.41) is 14.8. The topological polar surface area (TPSA) is 98.1 Å². The summed E-state index contributed by atoms with van der Waals surface area (Å²) >= 11 is 0. The molecule has 8 heteroatoms. The van der Waals surface area contributed by atoms with Crippen molar-refractivity contribution >= 4 is 38.0 Å². The standard InChI is InChI=1S/C47H67N5O2S/c1-13-39-23-24-43-41(29-44(49-45(43)35(39)7)34(6)28-40(14-2)32(3)4)21-19-20-33(5)36(8)50-47(37(9)51-55(12,54)46(31-48)25-26-46)30-42(47)22-17-15-16-18-27-52(11)38(10)53/h14,17,22-24,28-29,32-33,42,50H,8-9,12-13,15-16,18-21,25-27,30H2,1-7,10-11H3,(H,51,54)/b22-17-,34-28+,40-14+. The van der Waals surface area contributed by atoms with Crippen molar-refractivity contribution < 1.29 is 9.00 Å². The summed E-state index contributed by atoms with van der Waals surface area (Å²) < 4.78 is 16.0. The first-order chi connectivity index (χ1) is 26.0. The Bertz CT molecular complexity index is 2010. The van der Waals surface area contributed by atoms with Crippen molar-refractivity contribution in [3.05, 3.63) is 95.0 Å². The number of allylic oxidation sites excluding steroid dienone is 6.